The molecule has 0 spiro atoms. The molecule has 5 nitrogen and oxygen atoms in total. The number of fused-ring (bicyclic) bond motifs is 6. The van der Waals surface area contributed by atoms with Crippen molar-refractivity contribution in [3.63, 3.8) is 0 Å². The Hall–Kier alpha value is -6.72. The molecule has 0 aliphatic heterocycles. The van der Waals surface area contributed by atoms with Crippen LogP contribution in [0.25, 0.3) is 99.7 Å². The van der Waals surface area contributed by atoms with Gasteiger partial charge >= 0.3 is 0 Å². The van der Waals surface area contributed by atoms with Crippen molar-refractivity contribution in [3.05, 3.63) is 158 Å². The Balaban J connectivity index is 1.21. The predicted octanol–water partition coefficient (Wildman–Crippen LogP) is 11.3. The Morgan fingerprint density at radius 1 is 0.388 bits per heavy atom. The van der Waals surface area contributed by atoms with Gasteiger partial charge in [-0.15, -0.1) is 0 Å². The molecular weight excluding hydrogens is 601 g/mol. The number of nitrogens with zero attached hydrogens (tertiary/aromatic N) is 4. The van der Waals surface area contributed by atoms with Crippen LogP contribution in [0.2, 0.25) is 0 Å². The lowest BCUT2D eigenvalue weighted by Gasteiger charge is -2.12. The number of hydrogen-bond donors (Lipinski definition) is 0. The van der Waals surface area contributed by atoms with Crippen molar-refractivity contribution in [2.24, 2.45) is 0 Å². The summed E-state index contributed by atoms with van der Waals surface area (Å²) in [6, 6.07) is 52.2. The van der Waals surface area contributed by atoms with Crippen molar-refractivity contribution in [2.75, 3.05) is 0 Å². The maximum atomic E-state index is 6.45. The molecule has 0 unspecified atom stereocenters. The van der Waals surface area contributed by atoms with Gasteiger partial charge < -0.3 is 4.42 Å². The maximum absolute atomic E-state index is 6.45. The second-order valence-electron chi connectivity index (χ2n) is 12.3. The van der Waals surface area contributed by atoms with Crippen LogP contribution in [0.5, 0.6) is 0 Å². The number of aromatic nitrogens is 4. The van der Waals surface area contributed by atoms with Crippen LogP contribution in [0.4, 0.5) is 0 Å². The fourth-order valence-electron chi connectivity index (χ4n) is 6.87. The normalized spacial score (nSPS) is 11.7. The highest BCUT2D eigenvalue weighted by Gasteiger charge is 2.19. The molecule has 0 saturated heterocycles. The smallest absolute Gasteiger partial charge is 0.167 e. The molecule has 0 N–H and O–H groups in total. The van der Waals surface area contributed by atoms with Crippen molar-refractivity contribution in [3.8, 4) is 45.3 Å². The van der Waals surface area contributed by atoms with Gasteiger partial charge in [0.05, 0.1) is 11.1 Å². The van der Waals surface area contributed by atoms with Gasteiger partial charge in [0, 0.05) is 39.0 Å². The molecule has 0 aliphatic rings. The first kappa shape index (κ1) is 27.4. The van der Waals surface area contributed by atoms with Crippen LogP contribution >= 0.6 is 0 Å². The van der Waals surface area contributed by atoms with E-state index in [1.807, 2.05) is 54.7 Å². The summed E-state index contributed by atoms with van der Waals surface area (Å²) in [7, 11) is 0. The van der Waals surface area contributed by atoms with Crippen LogP contribution in [-0.4, -0.2) is 19.9 Å². The summed E-state index contributed by atoms with van der Waals surface area (Å²) in [5.74, 6) is 1.76. The van der Waals surface area contributed by atoms with E-state index in [9.17, 15) is 0 Å². The van der Waals surface area contributed by atoms with Crippen LogP contribution in [-0.2, 0) is 0 Å². The fourth-order valence-corrected chi connectivity index (χ4v) is 6.87. The number of para-hydroxylation sites is 3. The van der Waals surface area contributed by atoms with E-state index in [1.165, 1.54) is 0 Å². The number of benzene rings is 7. The van der Waals surface area contributed by atoms with Gasteiger partial charge in [-0.25, -0.2) is 15.0 Å². The van der Waals surface area contributed by atoms with Crippen LogP contribution in [0.3, 0.4) is 0 Å². The van der Waals surface area contributed by atoms with Gasteiger partial charge in [-0.1, -0.05) is 115 Å². The third-order valence-corrected chi connectivity index (χ3v) is 9.34. The molecule has 49 heavy (non-hydrogen) atoms. The van der Waals surface area contributed by atoms with E-state index in [0.29, 0.717) is 17.5 Å². The Morgan fingerprint density at radius 2 is 1.04 bits per heavy atom. The second-order valence-corrected chi connectivity index (χ2v) is 12.3. The van der Waals surface area contributed by atoms with Crippen LogP contribution < -0.4 is 0 Å². The predicted molar refractivity (Wildman–Crippen MR) is 199 cm³/mol. The molecule has 3 aromatic heterocycles. The highest BCUT2D eigenvalue weighted by Crippen LogP contribution is 2.37. The van der Waals surface area contributed by atoms with Gasteiger partial charge in [-0.05, 0) is 63.5 Å². The summed E-state index contributed by atoms with van der Waals surface area (Å²) in [5.41, 5.74) is 7.37. The summed E-state index contributed by atoms with van der Waals surface area (Å²) in [6.45, 7) is 0. The van der Waals surface area contributed by atoms with Crippen molar-refractivity contribution in [2.45, 2.75) is 0 Å². The average Bonchev–Trinajstić information content (AvgIpc) is 3.56. The fraction of sp³-hybridized carbons (Fsp3) is 0. The zero-order valence-corrected chi connectivity index (χ0v) is 26.2. The zero-order valence-electron chi connectivity index (χ0n) is 26.2. The standard InChI is InChI=1S/C44H26N4O/c1-2-10-29-23-32(22-19-27(29)9-1)42-46-43(48-44(47-42)37-16-8-14-35-34-13-4-6-18-40(34)49-41(35)37)36-15-7-12-28-20-21-30(25-38(28)36)33-24-31-11-3-5-17-39(31)45-26-33/h1-26H. The largest absolute Gasteiger partial charge is 0.455 e. The van der Waals surface area contributed by atoms with E-state index in [2.05, 4.69) is 103 Å². The van der Waals surface area contributed by atoms with Gasteiger partial charge in [0.2, 0.25) is 0 Å². The van der Waals surface area contributed by atoms with E-state index in [0.717, 1.165) is 82.2 Å². The molecule has 228 valence electrons. The second kappa shape index (κ2) is 10.9. The number of hydrogen-bond acceptors (Lipinski definition) is 5. The first-order chi connectivity index (χ1) is 24.2. The van der Waals surface area contributed by atoms with Gasteiger partial charge in [-0.3, -0.25) is 4.98 Å². The summed E-state index contributed by atoms with van der Waals surface area (Å²) in [5, 5.41) is 7.64. The molecule has 10 rings (SSSR count). The molecular formula is C44H26N4O. The molecule has 3 heterocycles. The maximum Gasteiger partial charge on any atom is 0.167 e. The molecule has 0 aliphatic carbocycles. The summed E-state index contributed by atoms with van der Waals surface area (Å²) in [6.07, 6.45) is 1.94. The van der Waals surface area contributed by atoms with Gasteiger partial charge in [0.25, 0.3) is 0 Å². The minimum Gasteiger partial charge on any atom is -0.455 e. The van der Waals surface area contributed by atoms with Crippen molar-refractivity contribution < 1.29 is 4.42 Å². The van der Waals surface area contributed by atoms with Gasteiger partial charge in [0.15, 0.2) is 17.5 Å². The minimum absolute atomic E-state index is 0.560. The molecule has 0 saturated carbocycles. The molecule has 0 atom stereocenters. The number of rotatable bonds is 4. The van der Waals surface area contributed by atoms with E-state index >= 15 is 0 Å². The first-order valence-electron chi connectivity index (χ1n) is 16.3. The average molecular weight is 627 g/mol. The summed E-state index contributed by atoms with van der Waals surface area (Å²) >= 11 is 0. The molecule has 0 radical (unpaired) electrons. The Labute approximate surface area is 281 Å². The van der Waals surface area contributed by atoms with Crippen LogP contribution in [0.15, 0.2) is 162 Å². The Bertz CT molecular complexity index is 2910. The minimum atomic E-state index is 0.560. The molecule has 10 aromatic rings. The quantitative estimate of drug-likeness (QED) is 0.194. The molecule has 5 heteroatoms. The lowest BCUT2D eigenvalue weighted by atomic mass is 9.98. The molecule has 0 bridgehead atoms. The first-order valence-corrected chi connectivity index (χ1v) is 16.3. The topological polar surface area (TPSA) is 64.7 Å². The molecule has 7 aromatic carbocycles. The highest BCUT2D eigenvalue weighted by molar-refractivity contribution is 6.09. The lowest BCUT2D eigenvalue weighted by Crippen LogP contribution is -2.01. The number of furan rings is 1. The van der Waals surface area contributed by atoms with E-state index in [4.69, 9.17) is 24.4 Å². The van der Waals surface area contributed by atoms with Crippen LogP contribution in [0.1, 0.15) is 0 Å². The van der Waals surface area contributed by atoms with E-state index in [-0.39, 0.29) is 0 Å². The van der Waals surface area contributed by atoms with Crippen LogP contribution in [0, 0.1) is 0 Å². The van der Waals surface area contributed by atoms with Crippen molar-refractivity contribution in [1.82, 2.24) is 19.9 Å². The zero-order chi connectivity index (χ0) is 32.3. The third-order valence-electron chi connectivity index (χ3n) is 9.34. The SMILES string of the molecule is c1ccc2cc(-c3nc(-c4cccc5ccc(-c6cnc7ccccc7c6)cc45)nc(-c4cccc5c4oc4ccccc45)n3)ccc2c1. The Morgan fingerprint density at radius 3 is 1.98 bits per heavy atom. The summed E-state index contributed by atoms with van der Waals surface area (Å²) < 4.78 is 6.45. The van der Waals surface area contributed by atoms with Crippen molar-refractivity contribution >= 4 is 54.4 Å². The monoisotopic (exact) mass is 626 g/mol. The third kappa shape index (κ3) is 4.63. The highest BCUT2D eigenvalue weighted by atomic mass is 16.3. The lowest BCUT2D eigenvalue weighted by molar-refractivity contribution is 0.669. The van der Waals surface area contributed by atoms with E-state index in [1.54, 1.807) is 0 Å². The Kier molecular flexibility index (Phi) is 6.11. The van der Waals surface area contributed by atoms with Gasteiger partial charge in [-0.2, -0.15) is 0 Å². The van der Waals surface area contributed by atoms with Crippen molar-refractivity contribution in [1.29, 1.82) is 0 Å². The number of pyridine rings is 1. The van der Waals surface area contributed by atoms with E-state index < -0.39 is 0 Å². The molecule has 0 amide bonds. The molecule has 0 fully saturated rings. The van der Waals surface area contributed by atoms with Gasteiger partial charge in [0.1, 0.15) is 11.2 Å². The summed E-state index contributed by atoms with van der Waals surface area (Å²) in [4.78, 5) is 20.2.